The average Bonchev–Trinajstić information content (AvgIpc) is 3.33. The van der Waals surface area contributed by atoms with E-state index in [2.05, 4.69) is 0 Å². The number of phenolic OH excluding ortho intramolecular Hbond substituents is 2. The van der Waals surface area contributed by atoms with E-state index < -0.39 is 11.9 Å². The van der Waals surface area contributed by atoms with Crippen LogP contribution in [0.15, 0.2) is 194 Å². The van der Waals surface area contributed by atoms with Crippen molar-refractivity contribution < 1.29 is 29.3 Å². The molecule has 64 heavy (non-hydrogen) atoms. The van der Waals surface area contributed by atoms with Crippen LogP contribution in [0, 0.1) is 0 Å². The highest BCUT2D eigenvalue weighted by molar-refractivity contribution is 6.28. The molecule has 0 aliphatic carbocycles. The van der Waals surface area contributed by atoms with E-state index in [1.807, 2.05) is 158 Å². The van der Waals surface area contributed by atoms with Crippen LogP contribution < -0.4 is 9.47 Å². The van der Waals surface area contributed by atoms with E-state index in [-0.39, 0.29) is 11.5 Å². The van der Waals surface area contributed by atoms with E-state index in [4.69, 9.17) is 9.47 Å². The molecule has 0 heterocycles. The van der Waals surface area contributed by atoms with E-state index >= 15 is 0 Å². The third kappa shape index (κ3) is 5.73. The molecule has 0 spiro atoms. The Morgan fingerprint density at radius 1 is 0.297 bits per heavy atom. The van der Waals surface area contributed by atoms with Gasteiger partial charge in [0.05, 0.1) is 11.1 Å². The zero-order valence-corrected chi connectivity index (χ0v) is 34.0. The number of hydrogen-bond acceptors (Lipinski definition) is 6. The van der Waals surface area contributed by atoms with Crippen molar-refractivity contribution in [3.8, 4) is 45.3 Å². The van der Waals surface area contributed by atoms with Gasteiger partial charge < -0.3 is 19.7 Å². The molecule has 0 radical (unpaired) electrons. The number of carbonyl (C=O) groups excluding carboxylic acids is 2. The summed E-state index contributed by atoms with van der Waals surface area (Å²) in [5, 5.41) is 34.7. The molecule has 0 amide bonds. The molecule has 2 N–H and O–H groups in total. The molecule has 0 saturated heterocycles. The van der Waals surface area contributed by atoms with Gasteiger partial charge in [0.25, 0.3) is 0 Å². The number of esters is 2. The van der Waals surface area contributed by atoms with Gasteiger partial charge >= 0.3 is 11.9 Å². The van der Waals surface area contributed by atoms with Crippen LogP contribution in [0.25, 0.3) is 97.7 Å². The predicted octanol–water partition coefficient (Wildman–Crippen LogP) is 14.4. The Bertz CT molecular complexity index is 3670. The van der Waals surface area contributed by atoms with Crippen LogP contribution in [-0.2, 0) is 0 Å². The molecule has 0 saturated carbocycles. The Labute approximate surface area is 365 Å². The van der Waals surface area contributed by atoms with E-state index in [1.165, 1.54) is 0 Å². The van der Waals surface area contributed by atoms with Gasteiger partial charge in [0.15, 0.2) is 0 Å². The smallest absolute Gasteiger partial charge is 0.344 e. The first-order chi connectivity index (χ1) is 31.4. The third-order valence-electron chi connectivity index (χ3n) is 12.6. The number of ether oxygens (including phenoxy) is 2. The number of carbonyl (C=O) groups is 2. The lowest BCUT2D eigenvalue weighted by Crippen LogP contribution is -2.11. The van der Waals surface area contributed by atoms with Crippen LogP contribution in [-0.4, -0.2) is 22.2 Å². The topological polar surface area (TPSA) is 93.1 Å². The summed E-state index contributed by atoms with van der Waals surface area (Å²) in [6, 6.07) is 61.0. The summed E-state index contributed by atoms with van der Waals surface area (Å²) >= 11 is 0. The fourth-order valence-electron chi connectivity index (χ4n) is 9.70. The number of hydrogen-bond donors (Lipinski definition) is 2. The Balaban J connectivity index is 0.971. The Hall–Kier alpha value is -8.74. The van der Waals surface area contributed by atoms with Crippen LogP contribution >= 0.6 is 0 Å². The molecule has 0 aromatic heterocycles. The van der Waals surface area contributed by atoms with Crippen molar-refractivity contribution in [3.05, 3.63) is 205 Å². The first-order valence-electron chi connectivity index (χ1n) is 21.0. The second-order valence-electron chi connectivity index (χ2n) is 16.1. The number of phenols is 2. The molecule has 12 aromatic rings. The van der Waals surface area contributed by atoms with Crippen LogP contribution in [0.2, 0.25) is 0 Å². The minimum Gasteiger partial charge on any atom is -0.507 e. The summed E-state index contributed by atoms with van der Waals surface area (Å²) in [7, 11) is 0. The third-order valence-corrected chi connectivity index (χ3v) is 12.6. The number of rotatable bonds is 6. The molecular formula is C58H34O6. The molecule has 0 aliphatic heterocycles. The lowest BCUT2D eigenvalue weighted by Gasteiger charge is -2.18. The zero-order valence-electron chi connectivity index (χ0n) is 34.0. The first-order valence-corrected chi connectivity index (χ1v) is 21.0. The molecule has 0 fully saturated rings. The maximum Gasteiger partial charge on any atom is 0.344 e. The lowest BCUT2D eigenvalue weighted by atomic mass is 9.90. The summed E-state index contributed by atoms with van der Waals surface area (Å²) in [4.78, 5) is 29.2. The molecule has 0 atom stereocenters. The van der Waals surface area contributed by atoms with Crippen molar-refractivity contribution in [2.24, 2.45) is 0 Å². The second-order valence-corrected chi connectivity index (χ2v) is 16.1. The summed E-state index contributed by atoms with van der Waals surface area (Å²) < 4.78 is 12.8. The van der Waals surface area contributed by atoms with E-state index in [0.29, 0.717) is 55.7 Å². The molecule has 12 rings (SSSR count). The summed E-state index contributed by atoms with van der Waals surface area (Å²) in [5.74, 6) is -0.337. The maximum atomic E-state index is 14.6. The summed E-state index contributed by atoms with van der Waals surface area (Å²) in [6.45, 7) is 0. The largest absolute Gasteiger partial charge is 0.507 e. The van der Waals surface area contributed by atoms with Crippen LogP contribution in [0.1, 0.15) is 20.7 Å². The maximum absolute atomic E-state index is 14.6. The van der Waals surface area contributed by atoms with Gasteiger partial charge in [0, 0.05) is 22.3 Å². The molecule has 302 valence electrons. The molecule has 12 aromatic carbocycles. The summed E-state index contributed by atoms with van der Waals surface area (Å²) in [5.41, 5.74) is 3.10. The normalized spacial score (nSPS) is 11.7. The number of benzene rings is 12. The highest BCUT2D eigenvalue weighted by Gasteiger charge is 2.25. The standard InChI is InChI=1S/C58H34O6/c59-47-29-21-33-9-1-5-13-39(33)53(47)55-41-15-7-3-11-35(41)23-31-49(55)63-57(61)45-27-19-37-18-26-44-46(28-20-38-17-25-43(45)51(37)52(38)44)58(62)64-50-32-24-36-12-4-8-16-42(36)56(50)54-40-14-6-2-10-34(40)22-30-48(54)60/h1-32,59-60H. The Morgan fingerprint density at radius 2 is 0.609 bits per heavy atom. The van der Waals surface area contributed by atoms with Gasteiger partial charge in [0.2, 0.25) is 0 Å². The van der Waals surface area contributed by atoms with Gasteiger partial charge in [-0.15, -0.1) is 0 Å². The highest BCUT2D eigenvalue weighted by Crippen LogP contribution is 2.48. The molecular weight excluding hydrogens is 793 g/mol. The van der Waals surface area contributed by atoms with Gasteiger partial charge in [-0.05, 0) is 112 Å². The SMILES string of the molecule is O=C(Oc1ccc2ccccc2c1-c1c(O)ccc2ccccc12)c1ccc2ccc3c(C(=O)Oc4ccc5ccccc5c4-c4c(O)ccc5ccccc45)ccc4ccc1c2c43. The van der Waals surface area contributed by atoms with Gasteiger partial charge in [-0.1, -0.05) is 158 Å². The van der Waals surface area contributed by atoms with Gasteiger partial charge in [-0.25, -0.2) is 9.59 Å². The van der Waals surface area contributed by atoms with Gasteiger partial charge in [-0.2, -0.15) is 0 Å². The molecule has 6 nitrogen and oxygen atoms in total. The molecule has 6 heteroatoms. The van der Waals surface area contributed by atoms with Crippen LogP contribution in [0.3, 0.4) is 0 Å². The molecule has 0 unspecified atom stereocenters. The van der Waals surface area contributed by atoms with Crippen LogP contribution in [0.4, 0.5) is 0 Å². The fraction of sp³-hybridized carbons (Fsp3) is 0. The van der Waals surface area contributed by atoms with Crippen molar-refractivity contribution in [2.75, 3.05) is 0 Å². The Kier molecular flexibility index (Phi) is 8.36. The van der Waals surface area contributed by atoms with E-state index in [0.717, 1.165) is 64.6 Å². The Morgan fingerprint density at radius 3 is 1.00 bits per heavy atom. The highest BCUT2D eigenvalue weighted by atomic mass is 16.5. The zero-order chi connectivity index (χ0) is 43.1. The molecule has 0 bridgehead atoms. The lowest BCUT2D eigenvalue weighted by molar-refractivity contribution is 0.0728. The van der Waals surface area contributed by atoms with Crippen LogP contribution in [0.5, 0.6) is 23.0 Å². The molecule has 0 aliphatic rings. The van der Waals surface area contributed by atoms with Crippen molar-refractivity contribution in [1.82, 2.24) is 0 Å². The van der Waals surface area contributed by atoms with Crippen molar-refractivity contribution in [2.45, 2.75) is 0 Å². The quantitative estimate of drug-likeness (QED) is 0.0985. The predicted molar refractivity (Wildman–Crippen MR) is 257 cm³/mol. The van der Waals surface area contributed by atoms with E-state index in [1.54, 1.807) is 36.4 Å². The minimum absolute atomic E-state index is 0.0768. The fourth-order valence-corrected chi connectivity index (χ4v) is 9.70. The van der Waals surface area contributed by atoms with Gasteiger partial charge in [-0.3, -0.25) is 0 Å². The van der Waals surface area contributed by atoms with Crippen molar-refractivity contribution >= 4 is 87.3 Å². The number of fused-ring (bicyclic) bond motifs is 4. The summed E-state index contributed by atoms with van der Waals surface area (Å²) in [6.07, 6.45) is 0. The number of aromatic hydroxyl groups is 2. The minimum atomic E-state index is -0.561. The van der Waals surface area contributed by atoms with E-state index in [9.17, 15) is 19.8 Å². The average molecular weight is 827 g/mol. The second kappa shape index (κ2) is 14.4. The monoisotopic (exact) mass is 826 g/mol. The van der Waals surface area contributed by atoms with Crippen molar-refractivity contribution in [1.29, 1.82) is 0 Å². The van der Waals surface area contributed by atoms with Gasteiger partial charge in [0.1, 0.15) is 23.0 Å². The van der Waals surface area contributed by atoms with Crippen molar-refractivity contribution in [3.63, 3.8) is 0 Å². The first kappa shape index (κ1) is 37.1.